The lowest BCUT2D eigenvalue weighted by molar-refractivity contribution is -0.155. The maximum absolute atomic E-state index is 14.5. The highest BCUT2D eigenvalue weighted by atomic mass is 19.1. The Morgan fingerprint density at radius 3 is 2.30 bits per heavy atom. The number of carbonyl (C=O) groups is 2. The monoisotopic (exact) mass is 327 g/mol. The molecule has 2 N–H and O–H groups in total. The van der Waals surface area contributed by atoms with Gasteiger partial charge in [-0.2, -0.15) is 0 Å². The van der Waals surface area contributed by atoms with E-state index in [4.69, 9.17) is 10.5 Å². The van der Waals surface area contributed by atoms with Gasteiger partial charge in [0.15, 0.2) is 11.2 Å². The van der Waals surface area contributed by atoms with Gasteiger partial charge >= 0.3 is 5.97 Å². The predicted octanol–water partition coefficient (Wildman–Crippen LogP) is 3.37. The third-order valence-electron chi connectivity index (χ3n) is 3.68. The zero-order chi connectivity index (χ0) is 17.8. The lowest BCUT2D eigenvalue weighted by Gasteiger charge is -2.32. The Morgan fingerprint density at radius 1 is 1.22 bits per heavy atom. The zero-order valence-electron chi connectivity index (χ0n) is 13.9. The average molecular weight is 327 g/mol. The maximum Gasteiger partial charge on any atom is 0.324 e. The van der Waals surface area contributed by atoms with Gasteiger partial charge in [0, 0.05) is 18.1 Å². The van der Waals surface area contributed by atoms with Crippen LogP contribution in [0.5, 0.6) is 0 Å². The van der Waals surface area contributed by atoms with Crippen LogP contribution >= 0.6 is 0 Å². The third kappa shape index (κ3) is 3.68. The molecule has 0 fully saturated rings. The van der Waals surface area contributed by atoms with Crippen LogP contribution in [0.4, 0.5) is 14.5 Å². The summed E-state index contributed by atoms with van der Waals surface area (Å²) in [5, 5.41) is 0. The molecule has 128 valence electrons. The summed E-state index contributed by atoms with van der Waals surface area (Å²) in [7, 11) is 0. The normalized spacial score (nSPS) is 13.7. The molecule has 4 nitrogen and oxygen atoms in total. The number of hydrogen-bond donors (Lipinski definition) is 1. The number of benzene rings is 1. The molecule has 0 saturated heterocycles. The summed E-state index contributed by atoms with van der Waals surface area (Å²) in [6.07, 6.45) is 0.0236. The SMILES string of the molecule is CCOC(=O)C(CC(C)C)(C(=O)CC)c1cc(F)c(N)cc1F. The molecule has 23 heavy (non-hydrogen) atoms. The number of carbonyl (C=O) groups excluding carboxylic acids is 2. The number of halogens is 2. The number of hydrogen-bond acceptors (Lipinski definition) is 4. The van der Waals surface area contributed by atoms with Gasteiger partial charge in [0.2, 0.25) is 0 Å². The Balaban J connectivity index is 3.69. The summed E-state index contributed by atoms with van der Waals surface area (Å²) in [5.74, 6) is -3.24. The number of nitrogen functional groups attached to an aromatic ring is 1. The number of ether oxygens (including phenoxy) is 1. The molecule has 0 amide bonds. The van der Waals surface area contributed by atoms with Crippen LogP contribution in [0.15, 0.2) is 12.1 Å². The van der Waals surface area contributed by atoms with Gasteiger partial charge < -0.3 is 10.5 Å². The standard InChI is InChI=1S/C17H23F2NO3/c1-5-15(21)17(9-10(3)4,16(22)23-6-2)11-7-13(19)14(20)8-12(11)18/h7-8,10H,5-6,9,20H2,1-4H3. The first-order valence-corrected chi connectivity index (χ1v) is 7.66. The molecule has 0 spiro atoms. The first-order valence-electron chi connectivity index (χ1n) is 7.66. The van der Waals surface area contributed by atoms with Crippen LogP contribution in [-0.4, -0.2) is 18.4 Å². The van der Waals surface area contributed by atoms with E-state index in [1.165, 1.54) is 0 Å². The van der Waals surface area contributed by atoms with Crippen molar-refractivity contribution in [3.8, 4) is 0 Å². The molecule has 0 aliphatic rings. The highest BCUT2D eigenvalue weighted by Crippen LogP contribution is 2.38. The van der Waals surface area contributed by atoms with E-state index >= 15 is 0 Å². The van der Waals surface area contributed by atoms with Crippen LogP contribution in [0.2, 0.25) is 0 Å². The molecule has 1 unspecified atom stereocenters. The van der Waals surface area contributed by atoms with Crippen molar-refractivity contribution in [2.24, 2.45) is 5.92 Å². The Morgan fingerprint density at radius 2 is 1.83 bits per heavy atom. The predicted molar refractivity (Wildman–Crippen MR) is 83.8 cm³/mol. The second-order valence-corrected chi connectivity index (χ2v) is 5.85. The van der Waals surface area contributed by atoms with E-state index in [1.807, 2.05) is 0 Å². The molecule has 0 aromatic heterocycles. The molecule has 1 aromatic rings. The molecule has 1 rings (SSSR count). The van der Waals surface area contributed by atoms with Gasteiger partial charge in [0.05, 0.1) is 12.3 Å². The third-order valence-corrected chi connectivity index (χ3v) is 3.68. The van der Waals surface area contributed by atoms with Crippen molar-refractivity contribution in [3.05, 3.63) is 29.3 Å². The minimum atomic E-state index is -1.86. The van der Waals surface area contributed by atoms with Crippen LogP contribution in [-0.2, 0) is 19.7 Å². The van der Waals surface area contributed by atoms with Crippen molar-refractivity contribution in [3.63, 3.8) is 0 Å². The maximum atomic E-state index is 14.5. The second kappa shape index (κ2) is 7.53. The summed E-state index contributed by atoms with van der Waals surface area (Å²) in [4.78, 5) is 25.2. The molecule has 0 aliphatic heterocycles. The van der Waals surface area contributed by atoms with Gasteiger partial charge in [0.25, 0.3) is 0 Å². The number of esters is 1. The van der Waals surface area contributed by atoms with Gasteiger partial charge in [-0.3, -0.25) is 9.59 Å². The van der Waals surface area contributed by atoms with E-state index in [-0.39, 0.29) is 36.6 Å². The fourth-order valence-corrected chi connectivity index (χ4v) is 2.74. The number of anilines is 1. The van der Waals surface area contributed by atoms with Crippen LogP contribution in [0.3, 0.4) is 0 Å². The van der Waals surface area contributed by atoms with Crippen molar-refractivity contribution < 1.29 is 23.1 Å². The Hall–Kier alpha value is -1.98. The van der Waals surface area contributed by atoms with Crippen molar-refractivity contribution in [2.45, 2.75) is 46.0 Å². The van der Waals surface area contributed by atoms with E-state index in [1.54, 1.807) is 27.7 Å². The summed E-state index contributed by atoms with van der Waals surface area (Å²) < 4.78 is 33.4. The highest BCUT2D eigenvalue weighted by Gasteiger charge is 2.49. The zero-order valence-corrected chi connectivity index (χ0v) is 13.9. The smallest absolute Gasteiger partial charge is 0.324 e. The molecule has 0 bridgehead atoms. The number of Topliss-reactive ketones (excluding diaryl/α,β-unsaturated/α-hetero) is 1. The topological polar surface area (TPSA) is 69.4 Å². The minimum Gasteiger partial charge on any atom is -0.465 e. The number of ketones is 1. The van der Waals surface area contributed by atoms with Gasteiger partial charge in [-0.1, -0.05) is 20.8 Å². The van der Waals surface area contributed by atoms with Crippen molar-refractivity contribution in [1.82, 2.24) is 0 Å². The number of nitrogens with two attached hydrogens (primary N) is 1. The molecule has 0 aliphatic carbocycles. The largest absolute Gasteiger partial charge is 0.465 e. The molecule has 0 heterocycles. The van der Waals surface area contributed by atoms with E-state index in [0.717, 1.165) is 12.1 Å². The first-order chi connectivity index (χ1) is 10.7. The molecule has 1 atom stereocenters. The van der Waals surface area contributed by atoms with Crippen molar-refractivity contribution in [1.29, 1.82) is 0 Å². The van der Waals surface area contributed by atoms with E-state index in [9.17, 15) is 18.4 Å². The first kappa shape index (κ1) is 19.1. The van der Waals surface area contributed by atoms with Gasteiger partial charge in [-0.25, -0.2) is 8.78 Å². The molecule has 1 aromatic carbocycles. The van der Waals surface area contributed by atoms with Gasteiger partial charge in [-0.05, 0) is 25.3 Å². The van der Waals surface area contributed by atoms with Crippen molar-refractivity contribution in [2.75, 3.05) is 12.3 Å². The Bertz CT molecular complexity index is 602. The quantitative estimate of drug-likeness (QED) is 0.473. The molecular formula is C17H23F2NO3. The summed E-state index contributed by atoms with van der Waals surface area (Å²) in [5.41, 5.74) is 2.80. The summed E-state index contributed by atoms with van der Waals surface area (Å²) in [6.45, 7) is 6.79. The van der Waals surface area contributed by atoms with E-state index < -0.39 is 28.8 Å². The van der Waals surface area contributed by atoms with Crippen LogP contribution in [0.25, 0.3) is 0 Å². The fourth-order valence-electron chi connectivity index (χ4n) is 2.74. The molecule has 0 saturated carbocycles. The van der Waals surface area contributed by atoms with Gasteiger partial charge in [-0.15, -0.1) is 0 Å². The lowest BCUT2D eigenvalue weighted by Crippen LogP contribution is -2.46. The molecular weight excluding hydrogens is 304 g/mol. The minimum absolute atomic E-state index is 0.00301. The Kier molecular flexibility index (Phi) is 6.24. The molecule has 6 heteroatoms. The van der Waals surface area contributed by atoms with E-state index in [0.29, 0.717) is 0 Å². The highest BCUT2D eigenvalue weighted by molar-refractivity contribution is 6.09. The van der Waals surface area contributed by atoms with Gasteiger partial charge in [0.1, 0.15) is 11.6 Å². The number of rotatable bonds is 7. The fraction of sp³-hybridized carbons (Fsp3) is 0.529. The summed E-state index contributed by atoms with van der Waals surface area (Å²) >= 11 is 0. The van der Waals surface area contributed by atoms with Crippen molar-refractivity contribution >= 4 is 17.4 Å². The summed E-state index contributed by atoms with van der Waals surface area (Å²) in [6, 6.07) is 1.62. The second-order valence-electron chi connectivity index (χ2n) is 5.85. The van der Waals surface area contributed by atoms with Crippen LogP contribution in [0, 0.1) is 17.6 Å². The molecule has 0 radical (unpaired) electrons. The van der Waals surface area contributed by atoms with Crippen LogP contribution < -0.4 is 5.73 Å². The van der Waals surface area contributed by atoms with E-state index in [2.05, 4.69) is 0 Å². The lowest BCUT2D eigenvalue weighted by atomic mass is 9.70. The van der Waals surface area contributed by atoms with Crippen LogP contribution in [0.1, 0.15) is 46.1 Å². The average Bonchev–Trinajstić information content (AvgIpc) is 2.47. The Labute approximate surface area is 135 Å².